The van der Waals surface area contributed by atoms with Gasteiger partial charge in [-0.2, -0.15) is 0 Å². The minimum Gasteiger partial charge on any atom is -0.480 e. The zero-order valence-corrected chi connectivity index (χ0v) is 11.5. The smallest absolute Gasteiger partial charge is 0.326 e. The van der Waals surface area contributed by atoms with Crippen molar-refractivity contribution < 1.29 is 19.8 Å². The van der Waals surface area contributed by atoms with E-state index in [0.717, 1.165) is 19.3 Å². The second kappa shape index (κ2) is 5.33. The first-order valence-electron chi connectivity index (χ1n) is 7.53. The van der Waals surface area contributed by atoms with Gasteiger partial charge in [-0.05, 0) is 25.2 Å². The quantitative estimate of drug-likeness (QED) is 0.661. The fraction of sp³-hybridized carbons (Fsp3) is 0.857. The van der Waals surface area contributed by atoms with E-state index in [2.05, 4.69) is 5.32 Å². The molecule has 3 aliphatic rings. The third kappa shape index (κ3) is 2.42. The Bertz CT molecular complexity index is 400. The zero-order chi connectivity index (χ0) is 14.3. The molecule has 2 saturated heterocycles. The van der Waals surface area contributed by atoms with Gasteiger partial charge in [0.05, 0.1) is 12.1 Å². The summed E-state index contributed by atoms with van der Waals surface area (Å²) < 4.78 is 0. The Hall–Kier alpha value is -1.14. The number of hydrogen-bond acceptors (Lipinski definition) is 4. The van der Waals surface area contributed by atoms with Crippen LogP contribution in [0, 0.1) is 5.92 Å². The van der Waals surface area contributed by atoms with Crippen molar-refractivity contribution in [3.63, 3.8) is 0 Å². The Labute approximate surface area is 118 Å². The Morgan fingerprint density at radius 2 is 1.90 bits per heavy atom. The highest BCUT2D eigenvalue weighted by molar-refractivity contribution is 5.88. The Balaban J connectivity index is 1.68. The Morgan fingerprint density at radius 3 is 2.60 bits per heavy atom. The summed E-state index contributed by atoms with van der Waals surface area (Å²) in [4.78, 5) is 25.1. The van der Waals surface area contributed by atoms with Gasteiger partial charge in [-0.15, -0.1) is 0 Å². The number of aliphatic hydroxyl groups excluding tert-OH is 1. The first-order valence-corrected chi connectivity index (χ1v) is 7.53. The van der Waals surface area contributed by atoms with Gasteiger partial charge in [0.25, 0.3) is 0 Å². The number of likely N-dealkylation sites (tertiary alicyclic amines) is 1. The first-order chi connectivity index (χ1) is 9.56. The molecule has 3 unspecified atom stereocenters. The fourth-order valence-electron chi connectivity index (χ4n) is 4.00. The van der Waals surface area contributed by atoms with Crippen molar-refractivity contribution in [3.8, 4) is 0 Å². The van der Waals surface area contributed by atoms with Crippen molar-refractivity contribution in [3.05, 3.63) is 0 Å². The highest BCUT2D eigenvalue weighted by atomic mass is 16.4. The van der Waals surface area contributed by atoms with E-state index in [-0.39, 0.29) is 24.9 Å². The minimum atomic E-state index is -1.02. The van der Waals surface area contributed by atoms with Crippen molar-refractivity contribution in [2.45, 2.75) is 62.8 Å². The number of carboxylic acid groups (broad SMARTS) is 1. The van der Waals surface area contributed by atoms with Crippen LogP contribution in [0.2, 0.25) is 0 Å². The van der Waals surface area contributed by atoms with E-state index in [1.54, 1.807) is 0 Å². The molecule has 20 heavy (non-hydrogen) atoms. The van der Waals surface area contributed by atoms with E-state index in [0.29, 0.717) is 12.0 Å². The summed E-state index contributed by atoms with van der Waals surface area (Å²) >= 11 is 0. The number of carbonyl (C=O) groups is 2. The average Bonchev–Trinajstić information content (AvgIpc) is 3.01. The highest BCUT2D eigenvalue weighted by Crippen LogP contribution is 2.34. The maximum atomic E-state index is 12.5. The maximum Gasteiger partial charge on any atom is 0.326 e. The predicted octanol–water partition coefficient (Wildman–Crippen LogP) is -0.0465. The van der Waals surface area contributed by atoms with E-state index < -0.39 is 18.1 Å². The van der Waals surface area contributed by atoms with Gasteiger partial charge in [0, 0.05) is 19.0 Å². The van der Waals surface area contributed by atoms with Gasteiger partial charge in [-0.1, -0.05) is 12.8 Å². The molecule has 0 spiro atoms. The maximum absolute atomic E-state index is 12.5. The summed E-state index contributed by atoms with van der Waals surface area (Å²) in [5.41, 5.74) is 0. The summed E-state index contributed by atoms with van der Waals surface area (Å²) in [6, 6.07) is -0.731. The van der Waals surface area contributed by atoms with Crippen LogP contribution in [0.1, 0.15) is 38.5 Å². The van der Waals surface area contributed by atoms with Crippen LogP contribution in [0.5, 0.6) is 0 Å². The van der Waals surface area contributed by atoms with E-state index >= 15 is 0 Å². The number of nitrogens with zero attached hydrogens (tertiary/aromatic N) is 1. The van der Waals surface area contributed by atoms with Crippen molar-refractivity contribution in [2.24, 2.45) is 5.92 Å². The largest absolute Gasteiger partial charge is 0.480 e. The number of fused-ring (bicyclic) bond motifs is 1. The standard InChI is InChI=1S/C14H22N2O4/c17-9-6-12(14(19)20)16(7-9)13(18)11-5-8-3-1-2-4-10(8)15-11/h8-12,15,17H,1-7H2,(H,19,20)/t8?,9-,10?,11?,12-/m0/s1. The lowest BCUT2D eigenvalue weighted by Gasteiger charge is -2.25. The van der Waals surface area contributed by atoms with Gasteiger partial charge in [-0.25, -0.2) is 4.79 Å². The molecule has 3 fully saturated rings. The number of rotatable bonds is 2. The van der Waals surface area contributed by atoms with Gasteiger partial charge in [-0.3, -0.25) is 4.79 Å². The molecular formula is C14H22N2O4. The third-order valence-electron chi connectivity index (χ3n) is 5.01. The molecular weight excluding hydrogens is 260 g/mol. The fourth-order valence-corrected chi connectivity index (χ4v) is 4.00. The summed E-state index contributed by atoms with van der Waals surface area (Å²) in [5, 5.41) is 22.2. The second-order valence-corrected chi connectivity index (χ2v) is 6.34. The molecule has 6 nitrogen and oxygen atoms in total. The Kier molecular flexibility index (Phi) is 3.69. The van der Waals surface area contributed by atoms with Crippen LogP contribution in [-0.4, -0.2) is 57.8 Å². The van der Waals surface area contributed by atoms with Crippen molar-refractivity contribution >= 4 is 11.9 Å². The van der Waals surface area contributed by atoms with Gasteiger partial charge in [0.1, 0.15) is 6.04 Å². The molecule has 2 aliphatic heterocycles. The van der Waals surface area contributed by atoms with E-state index in [9.17, 15) is 19.8 Å². The molecule has 1 amide bonds. The van der Waals surface area contributed by atoms with Crippen molar-refractivity contribution in [1.82, 2.24) is 10.2 Å². The van der Waals surface area contributed by atoms with Gasteiger partial charge < -0.3 is 20.4 Å². The lowest BCUT2D eigenvalue weighted by atomic mass is 9.85. The number of nitrogens with one attached hydrogen (secondary N) is 1. The van der Waals surface area contributed by atoms with Gasteiger partial charge in [0.2, 0.25) is 5.91 Å². The number of aliphatic carboxylic acids is 1. The molecule has 2 heterocycles. The molecule has 3 N–H and O–H groups in total. The number of β-amino-alcohol motifs (C(OH)–C–C–N with tert-alkyl or cyclic N) is 1. The topological polar surface area (TPSA) is 89.9 Å². The van der Waals surface area contributed by atoms with E-state index in [1.807, 2.05) is 0 Å². The number of aliphatic hydroxyl groups is 1. The van der Waals surface area contributed by atoms with Crippen LogP contribution in [-0.2, 0) is 9.59 Å². The SMILES string of the molecule is O=C(O)[C@@H]1C[C@H](O)CN1C(=O)C1CC2CCCCC2N1. The van der Waals surface area contributed by atoms with Crippen LogP contribution >= 0.6 is 0 Å². The number of carbonyl (C=O) groups excluding carboxylic acids is 1. The highest BCUT2D eigenvalue weighted by Gasteiger charge is 2.45. The molecule has 112 valence electrons. The molecule has 0 aromatic heterocycles. The summed E-state index contributed by atoms with van der Waals surface area (Å²) in [5.74, 6) is -0.623. The van der Waals surface area contributed by atoms with Gasteiger partial charge in [0.15, 0.2) is 0 Å². The third-order valence-corrected chi connectivity index (χ3v) is 5.01. The molecule has 0 aromatic rings. The van der Waals surface area contributed by atoms with Gasteiger partial charge >= 0.3 is 5.97 Å². The van der Waals surface area contributed by atoms with Crippen LogP contribution in [0.25, 0.3) is 0 Å². The lowest BCUT2D eigenvalue weighted by Crippen LogP contribution is -2.49. The normalized spacial score (nSPS) is 40.6. The number of carboxylic acids is 1. The summed E-state index contributed by atoms with van der Waals surface area (Å²) in [7, 11) is 0. The van der Waals surface area contributed by atoms with Crippen molar-refractivity contribution in [1.29, 1.82) is 0 Å². The molecule has 0 radical (unpaired) electrons. The number of amides is 1. The summed E-state index contributed by atoms with van der Waals surface area (Å²) in [6.07, 6.45) is 4.93. The molecule has 6 heteroatoms. The zero-order valence-electron chi connectivity index (χ0n) is 11.5. The molecule has 0 aromatic carbocycles. The molecule has 5 atom stereocenters. The lowest BCUT2D eigenvalue weighted by molar-refractivity contribution is -0.148. The predicted molar refractivity (Wildman–Crippen MR) is 71.0 cm³/mol. The Morgan fingerprint density at radius 1 is 1.15 bits per heavy atom. The first kappa shape index (κ1) is 13.8. The van der Waals surface area contributed by atoms with Crippen LogP contribution in [0.3, 0.4) is 0 Å². The van der Waals surface area contributed by atoms with Crippen molar-refractivity contribution in [2.75, 3.05) is 6.54 Å². The molecule has 1 saturated carbocycles. The second-order valence-electron chi connectivity index (χ2n) is 6.34. The molecule has 0 bridgehead atoms. The summed E-state index contributed by atoms with van der Waals surface area (Å²) in [6.45, 7) is 0.142. The van der Waals surface area contributed by atoms with E-state index in [4.69, 9.17) is 0 Å². The monoisotopic (exact) mass is 282 g/mol. The molecule has 1 aliphatic carbocycles. The van der Waals surface area contributed by atoms with Crippen LogP contribution < -0.4 is 5.32 Å². The van der Waals surface area contributed by atoms with Crippen LogP contribution in [0.15, 0.2) is 0 Å². The molecule has 3 rings (SSSR count). The van der Waals surface area contributed by atoms with Crippen LogP contribution in [0.4, 0.5) is 0 Å². The average molecular weight is 282 g/mol. The number of hydrogen-bond donors (Lipinski definition) is 3. The minimum absolute atomic E-state index is 0.140. The van der Waals surface area contributed by atoms with E-state index in [1.165, 1.54) is 17.7 Å².